The molecule has 0 saturated heterocycles. The van der Waals surface area contributed by atoms with E-state index in [1.54, 1.807) is 36.7 Å². The molecule has 0 spiro atoms. The largest absolute Gasteiger partial charge is 0.437 e. The van der Waals surface area contributed by atoms with Gasteiger partial charge in [0.2, 0.25) is 5.88 Å². The maximum absolute atomic E-state index is 5.81. The Hall–Kier alpha value is -1.65. The minimum absolute atomic E-state index is 0.479. The number of nitrogens with one attached hydrogen (secondary N) is 1. The number of benzene rings is 1. The van der Waals surface area contributed by atoms with Crippen LogP contribution in [0, 0.1) is 0 Å². The van der Waals surface area contributed by atoms with Gasteiger partial charge in [-0.05, 0) is 30.8 Å². The smallest absolute Gasteiger partial charge is 0.238 e. The monoisotopic (exact) mass is 263 g/mol. The van der Waals surface area contributed by atoms with Gasteiger partial charge in [0.05, 0.1) is 11.9 Å². The van der Waals surface area contributed by atoms with E-state index in [0.29, 0.717) is 23.2 Å². The van der Waals surface area contributed by atoms with Crippen LogP contribution in [0.3, 0.4) is 0 Å². The number of ether oxygens (including phenoxy) is 1. The van der Waals surface area contributed by atoms with Crippen LogP contribution in [0.5, 0.6) is 11.6 Å². The van der Waals surface area contributed by atoms with Crippen molar-refractivity contribution in [2.24, 2.45) is 0 Å². The van der Waals surface area contributed by atoms with E-state index in [-0.39, 0.29) is 0 Å². The topological polar surface area (TPSA) is 47.0 Å². The van der Waals surface area contributed by atoms with Crippen LogP contribution >= 0.6 is 11.6 Å². The van der Waals surface area contributed by atoms with Crippen molar-refractivity contribution in [3.8, 4) is 11.6 Å². The van der Waals surface area contributed by atoms with Gasteiger partial charge >= 0.3 is 0 Å². The lowest BCUT2D eigenvalue weighted by molar-refractivity contribution is 0.456. The first-order chi connectivity index (χ1) is 8.78. The number of rotatable bonds is 5. The first-order valence-electron chi connectivity index (χ1n) is 5.73. The molecule has 0 aliphatic rings. The van der Waals surface area contributed by atoms with Crippen LogP contribution in [0.25, 0.3) is 0 Å². The van der Waals surface area contributed by atoms with Gasteiger partial charge < -0.3 is 10.1 Å². The summed E-state index contributed by atoms with van der Waals surface area (Å²) >= 11 is 5.81. The fourth-order valence-corrected chi connectivity index (χ4v) is 1.52. The van der Waals surface area contributed by atoms with E-state index in [9.17, 15) is 0 Å². The van der Waals surface area contributed by atoms with E-state index in [1.807, 2.05) is 6.92 Å². The maximum atomic E-state index is 5.81. The average Bonchev–Trinajstić information content (AvgIpc) is 2.40. The third-order valence-corrected chi connectivity index (χ3v) is 2.51. The molecule has 1 aromatic carbocycles. The standard InChI is InChI=1S/C13H14ClN3O/c1-2-15-7-11-8-16-9-13(17-11)18-12-5-3-10(14)4-6-12/h3-6,8-9,15H,2,7H2,1H3. The van der Waals surface area contributed by atoms with Crippen molar-refractivity contribution in [1.29, 1.82) is 0 Å². The maximum Gasteiger partial charge on any atom is 0.238 e. The quantitative estimate of drug-likeness (QED) is 0.901. The molecule has 4 nitrogen and oxygen atoms in total. The molecule has 0 radical (unpaired) electrons. The summed E-state index contributed by atoms with van der Waals surface area (Å²) in [7, 11) is 0. The van der Waals surface area contributed by atoms with Crippen LogP contribution < -0.4 is 10.1 Å². The van der Waals surface area contributed by atoms with Gasteiger partial charge in [-0.25, -0.2) is 4.98 Å². The zero-order valence-corrected chi connectivity index (χ0v) is 10.8. The average molecular weight is 264 g/mol. The van der Waals surface area contributed by atoms with Crippen molar-refractivity contribution >= 4 is 11.6 Å². The molecule has 5 heteroatoms. The van der Waals surface area contributed by atoms with Gasteiger partial charge in [0.25, 0.3) is 0 Å². The van der Waals surface area contributed by atoms with E-state index in [4.69, 9.17) is 16.3 Å². The molecule has 0 fully saturated rings. The predicted molar refractivity (Wildman–Crippen MR) is 70.9 cm³/mol. The molecule has 18 heavy (non-hydrogen) atoms. The second kappa shape index (κ2) is 6.33. The van der Waals surface area contributed by atoms with Crippen molar-refractivity contribution in [3.05, 3.63) is 47.4 Å². The van der Waals surface area contributed by atoms with Gasteiger partial charge in [-0.3, -0.25) is 4.98 Å². The van der Waals surface area contributed by atoms with Crippen LogP contribution in [0.15, 0.2) is 36.7 Å². The molecule has 1 N–H and O–H groups in total. The van der Waals surface area contributed by atoms with Crippen molar-refractivity contribution in [2.45, 2.75) is 13.5 Å². The summed E-state index contributed by atoms with van der Waals surface area (Å²) in [6, 6.07) is 7.13. The highest BCUT2D eigenvalue weighted by atomic mass is 35.5. The Morgan fingerprint density at radius 3 is 2.72 bits per heavy atom. The van der Waals surface area contributed by atoms with Crippen LogP contribution in [-0.2, 0) is 6.54 Å². The van der Waals surface area contributed by atoms with Crippen LogP contribution in [0.1, 0.15) is 12.6 Å². The molecule has 1 aromatic heterocycles. The Morgan fingerprint density at radius 2 is 2.00 bits per heavy atom. The van der Waals surface area contributed by atoms with Gasteiger partial charge in [-0.1, -0.05) is 18.5 Å². The molecule has 2 aromatic rings. The lowest BCUT2D eigenvalue weighted by Crippen LogP contribution is -2.13. The molecule has 94 valence electrons. The van der Waals surface area contributed by atoms with Crippen molar-refractivity contribution in [1.82, 2.24) is 15.3 Å². The van der Waals surface area contributed by atoms with Gasteiger partial charge in [0.1, 0.15) is 5.75 Å². The lowest BCUT2D eigenvalue weighted by atomic mass is 10.3. The van der Waals surface area contributed by atoms with Crippen LogP contribution in [0.4, 0.5) is 0 Å². The third-order valence-electron chi connectivity index (χ3n) is 2.25. The molecule has 0 amide bonds. The molecule has 1 heterocycles. The minimum Gasteiger partial charge on any atom is -0.437 e. The number of aromatic nitrogens is 2. The Labute approximate surface area is 111 Å². The van der Waals surface area contributed by atoms with Crippen molar-refractivity contribution in [3.63, 3.8) is 0 Å². The highest BCUT2D eigenvalue weighted by Gasteiger charge is 2.01. The number of nitrogens with zero attached hydrogens (tertiary/aromatic N) is 2. The molecular weight excluding hydrogens is 250 g/mol. The number of halogens is 1. The van der Waals surface area contributed by atoms with E-state index < -0.39 is 0 Å². The Kier molecular flexibility index (Phi) is 4.50. The SMILES string of the molecule is CCNCc1cncc(Oc2ccc(Cl)cc2)n1. The zero-order valence-electron chi connectivity index (χ0n) is 10.1. The summed E-state index contributed by atoms with van der Waals surface area (Å²) in [4.78, 5) is 8.45. The Bertz CT molecular complexity index is 502. The third kappa shape index (κ3) is 3.68. The van der Waals surface area contributed by atoms with Gasteiger partial charge in [0.15, 0.2) is 0 Å². The Balaban J connectivity index is 2.06. The molecule has 0 bridgehead atoms. The normalized spacial score (nSPS) is 10.3. The van der Waals surface area contributed by atoms with Gasteiger partial charge in [-0.15, -0.1) is 0 Å². The summed E-state index contributed by atoms with van der Waals surface area (Å²) in [5, 5.41) is 3.86. The molecule has 0 aliphatic carbocycles. The van der Waals surface area contributed by atoms with E-state index >= 15 is 0 Å². The molecule has 0 atom stereocenters. The highest BCUT2D eigenvalue weighted by molar-refractivity contribution is 6.30. The fourth-order valence-electron chi connectivity index (χ4n) is 1.40. The lowest BCUT2D eigenvalue weighted by Gasteiger charge is -2.06. The Morgan fingerprint density at radius 1 is 1.22 bits per heavy atom. The van der Waals surface area contributed by atoms with E-state index in [1.165, 1.54) is 0 Å². The fraction of sp³-hybridized carbons (Fsp3) is 0.231. The van der Waals surface area contributed by atoms with E-state index in [2.05, 4.69) is 15.3 Å². The molecular formula is C13H14ClN3O. The summed E-state index contributed by atoms with van der Waals surface area (Å²) in [5.41, 5.74) is 0.850. The zero-order chi connectivity index (χ0) is 12.8. The number of hydrogen-bond donors (Lipinski definition) is 1. The molecule has 0 aliphatic heterocycles. The van der Waals surface area contributed by atoms with Crippen LogP contribution in [0.2, 0.25) is 5.02 Å². The first kappa shape index (κ1) is 12.8. The molecule has 2 rings (SSSR count). The van der Waals surface area contributed by atoms with Crippen LogP contribution in [-0.4, -0.2) is 16.5 Å². The molecule has 0 unspecified atom stereocenters. The summed E-state index contributed by atoms with van der Waals surface area (Å²) < 4.78 is 5.59. The summed E-state index contributed by atoms with van der Waals surface area (Å²) in [6.45, 7) is 3.62. The van der Waals surface area contributed by atoms with Gasteiger partial charge in [0, 0.05) is 17.8 Å². The van der Waals surface area contributed by atoms with Crippen molar-refractivity contribution in [2.75, 3.05) is 6.54 Å². The van der Waals surface area contributed by atoms with Gasteiger partial charge in [-0.2, -0.15) is 0 Å². The molecule has 0 saturated carbocycles. The van der Waals surface area contributed by atoms with E-state index in [0.717, 1.165) is 12.2 Å². The second-order valence-electron chi connectivity index (χ2n) is 3.68. The summed E-state index contributed by atoms with van der Waals surface area (Å²) in [6.07, 6.45) is 3.31. The summed E-state index contributed by atoms with van der Waals surface area (Å²) in [5.74, 6) is 1.17. The second-order valence-corrected chi connectivity index (χ2v) is 4.12. The van der Waals surface area contributed by atoms with Crippen molar-refractivity contribution < 1.29 is 4.74 Å². The minimum atomic E-state index is 0.479. The predicted octanol–water partition coefficient (Wildman–Crippen LogP) is 3.03. The number of hydrogen-bond acceptors (Lipinski definition) is 4. The first-order valence-corrected chi connectivity index (χ1v) is 6.11. The highest BCUT2D eigenvalue weighted by Crippen LogP contribution is 2.20.